The largest absolute Gasteiger partial charge is 0.414 e. The molecule has 2 nitrogen and oxygen atoms in total. The number of rotatable bonds is 22. The number of aliphatic hydroxyl groups excluding tert-OH is 1. The van der Waals surface area contributed by atoms with Crippen molar-refractivity contribution in [1.82, 2.24) is 0 Å². The van der Waals surface area contributed by atoms with Crippen LogP contribution in [0.15, 0.2) is 0 Å². The molecular weight excluding hydrogens is 396 g/mol. The van der Waals surface area contributed by atoms with E-state index in [-0.39, 0.29) is 11.1 Å². The highest BCUT2D eigenvalue weighted by Crippen LogP contribution is 2.36. The van der Waals surface area contributed by atoms with Crippen LogP contribution in [0.3, 0.4) is 0 Å². The SMILES string of the molecule is CCCCCCCCCCCCCCCCCCCCC(O)CO[Si](C)(C)C(C)(C)C. The fraction of sp³-hybridized carbons (Fsp3) is 1.00. The molecule has 0 aromatic heterocycles. The van der Waals surface area contributed by atoms with Crippen LogP contribution in [0.1, 0.15) is 150 Å². The van der Waals surface area contributed by atoms with Crippen LogP contribution < -0.4 is 0 Å². The number of aliphatic hydroxyl groups is 1. The maximum atomic E-state index is 10.2. The third-order valence-corrected chi connectivity index (χ3v) is 11.8. The molecule has 0 bridgehead atoms. The number of hydrogen-bond donors (Lipinski definition) is 1. The van der Waals surface area contributed by atoms with Crippen molar-refractivity contribution in [3.8, 4) is 0 Å². The molecule has 0 spiro atoms. The van der Waals surface area contributed by atoms with Gasteiger partial charge in [-0.15, -0.1) is 0 Å². The van der Waals surface area contributed by atoms with Crippen molar-refractivity contribution in [2.75, 3.05) is 6.61 Å². The van der Waals surface area contributed by atoms with Crippen molar-refractivity contribution in [3.63, 3.8) is 0 Å². The lowest BCUT2D eigenvalue weighted by Gasteiger charge is -2.36. The van der Waals surface area contributed by atoms with Gasteiger partial charge in [0.25, 0.3) is 0 Å². The minimum atomic E-state index is -1.72. The van der Waals surface area contributed by atoms with E-state index in [2.05, 4.69) is 40.8 Å². The molecule has 1 atom stereocenters. The molecule has 0 aliphatic rings. The standard InChI is InChI=1S/C28H60O2Si/c1-7-8-9-10-11-12-13-14-15-16-17-18-19-20-21-22-23-24-25-27(29)26-30-31(5,6)28(2,3)4/h27,29H,7-26H2,1-6H3. The molecule has 0 aromatic carbocycles. The van der Waals surface area contributed by atoms with Crippen molar-refractivity contribution in [3.05, 3.63) is 0 Å². The molecule has 1 N–H and O–H groups in total. The Morgan fingerprint density at radius 1 is 0.613 bits per heavy atom. The summed E-state index contributed by atoms with van der Waals surface area (Å²) in [5.74, 6) is 0. The zero-order valence-electron chi connectivity index (χ0n) is 22.6. The zero-order valence-corrected chi connectivity index (χ0v) is 23.6. The van der Waals surface area contributed by atoms with E-state index in [0.717, 1.165) is 12.8 Å². The molecule has 0 aliphatic heterocycles. The topological polar surface area (TPSA) is 29.5 Å². The third-order valence-electron chi connectivity index (χ3n) is 7.33. The molecule has 1 unspecified atom stereocenters. The van der Waals surface area contributed by atoms with E-state index < -0.39 is 8.32 Å². The van der Waals surface area contributed by atoms with Gasteiger partial charge >= 0.3 is 0 Å². The Labute approximate surface area is 198 Å². The summed E-state index contributed by atoms with van der Waals surface area (Å²) in [5.41, 5.74) is 0. The first kappa shape index (κ1) is 31.1. The Bertz CT molecular complexity index is 376. The van der Waals surface area contributed by atoms with Gasteiger partial charge in [0, 0.05) is 0 Å². The summed E-state index contributed by atoms with van der Waals surface area (Å²) in [6.07, 6.45) is 25.8. The van der Waals surface area contributed by atoms with Crippen molar-refractivity contribution in [2.45, 2.75) is 174 Å². The highest BCUT2D eigenvalue weighted by atomic mass is 28.4. The van der Waals surface area contributed by atoms with Crippen LogP contribution in [0.4, 0.5) is 0 Å². The van der Waals surface area contributed by atoms with Gasteiger partial charge in [-0.25, -0.2) is 0 Å². The Kier molecular flexibility index (Phi) is 19.7. The van der Waals surface area contributed by atoms with E-state index in [1.165, 1.54) is 109 Å². The van der Waals surface area contributed by atoms with Crippen LogP contribution in [0.2, 0.25) is 18.1 Å². The molecule has 0 saturated heterocycles. The Morgan fingerprint density at radius 3 is 1.26 bits per heavy atom. The maximum Gasteiger partial charge on any atom is 0.192 e. The second-order valence-electron chi connectivity index (χ2n) is 11.5. The Morgan fingerprint density at radius 2 is 0.935 bits per heavy atom. The van der Waals surface area contributed by atoms with Crippen molar-refractivity contribution in [2.24, 2.45) is 0 Å². The van der Waals surface area contributed by atoms with Crippen LogP contribution in [0.5, 0.6) is 0 Å². The molecular formula is C28H60O2Si. The number of hydrogen-bond acceptors (Lipinski definition) is 2. The molecule has 0 radical (unpaired) electrons. The first-order valence-electron chi connectivity index (χ1n) is 14.0. The summed E-state index contributed by atoms with van der Waals surface area (Å²) in [6.45, 7) is 14.1. The average molecular weight is 457 g/mol. The molecule has 0 rings (SSSR count). The van der Waals surface area contributed by atoms with Crippen LogP contribution >= 0.6 is 0 Å². The van der Waals surface area contributed by atoms with Gasteiger partial charge in [-0.1, -0.05) is 143 Å². The van der Waals surface area contributed by atoms with E-state index in [4.69, 9.17) is 4.43 Å². The smallest absolute Gasteiger partial charge is 0.192 e. The van der Waals surface area contributed by atoms with Gasteiger partial charge in [0.1, 0.15) is 0 Å². The summed E-state index contributed by atoms with van der Waals surface area (Å²) in [7, 11) is -1.72. The molecule has 0 saturated carbocycles. The molecule has 0 amide bonds. The lowest BCUT2D eigenvalue weighted by atomic mass is 10.0. The average Bonchev–Trinajstić information content (AvgIpc) is 2.70. The summed E-state index contributed by atoms with van der Waals surface area (Å²) < 4.78 is 6.13. The molecule has 3 heteroatoms. The quantitative estimate of drug-likeness (QED) is 0.130. The van der Waals surface area contributed by atoms with E-state index >= 15 is 0 Å². The summed E-state index contributed by atoms with van der Waals surface area (Å²) in [5, 5.41) is 10.4. The number of unbranched alkanes of at least 4 members (excludes halogenated alkanes) is 17. The monoisotopic (exact) mass is 456 g/mol. The van der Waals surface area contributed by atoms with Crippen molar-refractivity contribution in [1.29, 1.82) is 0 Å². The Hall–Kier alpha value is 0.137. The van der Waals surface area contributed by atoms with Gasteiger partial charge in [0.15, 0.2) is 8.32 Å². The first-order valence-corrected chi connectivity index (χ1v) is 16.9. The zero-order chi connectivity index (χ0) is 23.4. The molecule has 0 heterocycles. The summed E-state index contributed by atoms with van der Waals surface area (Å²) in [6, 6.07) is 0. The highest BCUT2D eigenvalue weighted by Gasteiger charge is 2.37. The van der Waals surface area contributed by atoms with Gasteiger partial charge in [0.05, 0.1) is 12.7 Å². The normalized spacial score (nSPS) is 13.6. The van der Waals surface area contributed by atoms with Crippen LogP contribution in [0.25, 0.3) is 0 Å². The summed E-state index contributed by atoms with van der Waals surface area (Å²) in [4.78, 5) is 0. The van der Waals surface area contributed by atoms with Crippen molar-refractivity contribution < 1.29 is 9.53 Å². The minimum absolute atomic E-state index is 0.222. The second-order valence-corrected chi connectivity index (χ2v) is 16.3. The maximum absolute atomic E-state index is 10.2. The van der Waals surface area contributed by atoms with E-state index in [9.17, 15) is 5.11 Å². The summed E-state index contributed by atoms with van der Waals surface area (Å²) >= 11 is 0. The van der Waals surface area contributed by atoms with Gasteiger partial charge in [-0.3, -0.25) is 0 Å². The minimum Gasteiger partial charge on any atom is -0.414 e. The van der Waals surface area contributed by atoms with Crippen LogP contribution in [-0.2, 0) is 4.43 Å². The third kappa shape index (κ3) is 19.3. The van der Waals surface area contributed by atoms with Gasteiger partial charge in [-0.2, -0.15) is 0 Å². The molecule has 31 heavy (non-hydrogen) atoms. The predicted octanol–water partition coefficient (Wildman–Crippen LogP) is 9.80. The fourth-order valence-electron chi connectivity index (χ4n) is 3.89. The van der Waals surface area contributed by atoms with Crippen LogP contribution in [0, 0.1) is 0 Å². The van der Waals surface area contributed by atoms with E-state index in [0.29, 0.717) is 6.61 Å². The molecule has 0 aliphatic carbocycles. The van der Waals surface area contributed by atoms with Gasteiger partial charge in [0.2, 0.25) is 0 Å². The van der Waals surface area contributed by atoms with Crippen LogP contribution in [-0.4, -0.2) is 26.1 Å². The predicted molar refractivity (Wildman–Crippen MR) is 143 cm³/mol. The lowest BCUT2D eigenvalue weighted by molar-refractivity contribution is 0.0905. The van der Waals surface area contributed by atoms with E-state index in [1.54, 1.807) is 0 Å². The fourth-order valence-corrected chi connectivity index (χ4v) is 4.93. The molecule has 0 aromatic rings. The Balaban J connectivity index is 3.30. The van der Waals surface area contributed by atoms with Gasteiger partial charge < -0.3 is 9.53 Å². The molecule has 0 fully saturated rings. The van der Waals surface area contributed by atoms with E-state index in [1.807, 2.05) is 0 Å². The lowest BCUT2D eigenvalue weighted by Crippen LogP contribution is -2.42. The van der Waals surface area contributed by atoms with Crippen molar-refractivity contribution >= 4 is 8.32 Å². The highest BCUT2D eigenvalue weighted by molar-refractivity contribution is 6.74. The van der Waals surface area contributed by atoms with Gasteiger partial charge in [-0.05, 0) is 24.6 Å². The second kappa shape index (κ2) is 19.6. The first-order chi connectivity index (χ1) is 14.7. The molecule has 188 valence electrons.